The number of hydrogen-bond donors (Lipinski definition) is 2. The first-order valence-electron chi connectivity index (χ1n) is 4.87. The monoisotopic (exact) mass is 235 g/mol. The van der Waals surface area contributed by atoms with Gasteiger partial charge in [0.05, 0.1) is 28.9 Å². The summed E-state index contributed by atoms with van der Waals surface area (Å²) in [6.45, 7) is 9.30. The molecule has 6 heteroatoms. The molecule has 0 amide bonds. The third-order valence-corrected chi connectivity index (χ3v) is 2.52. The molecule has 0 radical (unpaired) electrons. The van der Waals surface area contributed by atoms with Crippen LogP contribution in [0.25, 0.3) is 0 Å². The van der Waals surface area contributed by atoms with Gasteiger partial charge in [-0.3, -0.25) is 0 Å². The molecule has 0 heterocycles. The lowest BCUT2D eigenvalue weighted by molar-refractivity contribution is 0.320. The van der Waals surface area contributed by atoms with Crippen LogP contribution < -0.4 is 4.72 Å². The molecule has 15 heavy (non-hydrogen) atoms. The topological polar surface area (TPSA) is 74.0 Å². The second-order valence-electron chi connectivity index (χ2n) is 4.81. The zero-order valence-corrected chi connectivity index (χ0v) is 10.9. The smallest absolute Gasteiger partial charge is 0.136 e. The van der Waals surface area contributed by atoms with Gasteiger partial charge in [0.15, 0.2) is 0 Å². The third kappa shape index (κ3) is 8.65. The highest BCUT2D eigenvalue weighted by Crippen LogP contribution is 2.12. The maximum absolute atomic E-state index is 11.3. The highest BCUT2D eigenvalue weighted by Gasteiger charge is 2.20. The van der Waals surface area contributed by atoms with Crippen molar-refractivity contribution >= 4 is 11.0 Å². The molecule has 1 atom stereocenters. The number of rotatable bonds is 5. The molecular weight excluding hydrogens is 214 g/mol. The molecule has 0 aromatic heterocycles. The second-order valence-corrected chi connectivity index (χ2v) is 6.11. The van der Waals surface area contributed by atoms with Crippen LogP contribution in [0.4, 0.5) is 0 Å². The Hall–Kier alpha value is -0.330. The lowest BCUT2D eigenvalue weighted by Gasteiger charge is -2.21. The van der Waals surface area contributed by atoms with Crippen LogP contribution in [0.15, 0.2) is 10.2 Å². The largest absolute Gasteiger partial charge is 0.395 e. The summed E-state index contributed by atoms with van der Waals surface area (Å²) < 4.78 is 14.1. The number of azo groups is 1. The first kappa shape index (κ1) is 14.7. The van der Waals surface area contributed by atoms with Gasteiger partial charge in [0.25, 0.3) is 0 Å². The fraction of sp³-hybridized carbons (Fsp3) is 1.00. The summed E-state index contributed by atoms with van der Waals surface area (Å²) in [5.41, 5.74) is -0.912. The molecule has 0 aliphatic heterocycles. The van der Waals surface area contributed by atoms with Crippen molar-refractivity contribution in [2.45, 2.75) is 45.8 Å². The van der Waals surface area contributed by atoms with Gasteiger partial charge in [-0.05, 0) is 34.6 Å². The Morgan fingerprint density at radius 1 is 1.20 bits per heavy atom. The van der Waals surface area contributed by atoms with Crippen molar-refractivity contribution in [1.29, 1.82) is 0 Å². The number of aliphatic hydroxyl groups is 1. The van der Waals surface area contributed by atoms with Crippen molar-refractivity contribution in [3.63, 3.8) is 0 Å². The van der Waals surface area contributed by atoms with Crippen molar-refractivity contribution in [2.24, 2.45) is 10.2 Å². The molecule has 0 saturated heterocycles. The molecule has 0 aromatic carbocycles. The minimum Gasteiger partial charge on any atom is -0.395 e. The second kappa shape index (κ2) is 5.67. The normalized spacial score (nSPS) is 15.9. The van der Waals surface area contributed by atoms with E-state index in [1.807, 2.05) is 20.8 Å². The van der Waals surface area contributed by atoms with Gasteiger partial charge >= 0.3 is 0 Å². The molecule has 5 nitrogen and oxygen atoms in total. The number of hydrogen-bond acceptors (Lipinski definition) is 4. The summed E-state index contributed by atoms with van der Waals surface area (Å²) in [6, 6.07) is 0. The van der Waals surface area contributed by atoms with Gasteiger partial charge in [-0.25, -0.2) is 8.93 Å². The van der Waals surface area contributed by atoms with Crippen LogP contribution in [0, 0.1) is 0 Å². The van der Waals surface area contributed by atoms with E-state index in [1.165, 1.54) is 0 Å². The van der Waals surface area contributed by atoms with Gasteiger partial charge in [-0.15, -0.1) is 0 Å². The maximum Gasteiger partial charge on any atom is 0.136 e. The number of nitrogens with zero attached hydrogens (tertiary/aromatic N) is 2. The predicted octanol–water partition coefficient (Wildman–Crippen LogP) is 1.22. The lowest BCUT2D eigenvalue weighted by atomic mass is 10.1. The predicted molar refractivity (Wildman–Crippen MR) is 61.9 cm³/mol. The SMILES string of the molecule is CC(C)(C)N=NC(C)(C)NS(=O)CCO. The summed E-state index contributed by atoms with van der Waals surface area (Å²) in [4.78, 5) is 0. The third-order valence-electron chi connectivity index (χ3n) is 1.24. The Labute approximate surface area is 94.0 Å². The molecule has 0 bridgehead atoms. The summed E-state index contributed by atoms with van der Waals surface area (Å²) >= 11 is 0. The summed E-state index contributed by atoms with van der Waals surface area (Å²) in [5.74, 6) is 0.203. The molecule has 2 N–H and O–H groups in total. The fourth-order valence-electron chi connectivity index (χ4n) is 0.708. The summed E-state index contributed by atoms with van der Waals surface area (Å²) in [7, 11) is -1.27. The van der Waals surface area contributed by atoms with Gasteiger partial charge in [0, 0.05) is 0 Å². The molecular formula is C9H21N3O2S. The zero-order valence-electron chi connectivity index (χ0n) is 10.1. The molecule has 90 valence electrons. The van der Waals surface area contributed by atoms with Crippen molar-refractivity contribution in [3.8, 4) is 0 Å². The standard InChI is InChI=1S/C9H21N3O2S/c1-8(2,3)10-11-9(4,5)12-15(14)7-6-13/h12-13H,6-7H2,1-5H3. The van der Waals surface area contributed by atoms with Gasteiger partial charge in [-0.2, -0.15) is 10.2 Å². The van der Waals surface area contributed by atoms with E-state index < -0.39 is 16.6 Å². The summed E-state index contributed by atoms with van der Waals surface area (Å²) in [5, 5.41) is 16.8. The van der Waals surface area contributed by atoms with Crippen LogP contribution in [0.2, 0.25) is 0 Å². The Morgan fingerprint density at radius 3 is 2.13 bits per heavy atom. The molecule has 0 aliphatic carbocycles. The van der Waals surface area contributed by atoms with Crippen LogP contribution in [-0.4, -0.2) is 32.9 Å². The molecule has 0 aromatic rings. The minimum atomic E-state index is -1.27. The van der Waals surface area contributed by atoms with Crippen LogP contribution in [0.5, 0.6) is 0 Å². The minimum absolute atomic E-state index is 0.105. The van der Waals surface area contributed by atoms with Gasteiger partial charge < -0.3 is 5.11 Å². The van der Waals surface area contributed by atoms with Gasteiger partial charge in [-0.1, -0.05) is 0 Å². The van der Waals surface area contributed by atoms with E-state index in [1.54, 1.807) is 13.8 Å². The summed E-state index contributed by atoms with van der Waals surface area (Å²) in [6.07, 6.45) is 0. The van der Waals surface area contributed by atoms with Crippen molar-refractivity contribution in [1.82, 2.24) is 4.72 Å². The van der Waals surface area contributed by atoms with Gasteiger partial charge in [0.2, 0.25) is 0 Å². The first-order valence-corrected chi connectivity index (χ1v) is 6.19. The quantitative estimate of drug-likeness (QED) is 0.703. The van der Waals surface area contributed by atoms with E-state index >= 15 is 0 Å². The first-order chi connectivity index (χ1) is 6.66. The van der Waals surface area contributed by atoms with Crippen molar-refractivity contribution < 1.29 is 9.32 Å². The molecule has 1 unspecified atom stereocenters. The van der Waals surface area contributed by atoms with Crippen LogP contribution in [-0.2, 0) is 11.0 Å². The Bertz CT molecular complexity index is 246. The van der Waals surface area contributed by atoms with E-state index in [9.17, 15) is 4.21 Å². The Balaban J connectivity index is 4.30. The van der Waals surface area contributed by atoms with E-state index in [0.717, 1.165) is 0 Å². The van der Waals surface area contributed by atoms with Crippen LogP contribution >= 0.6 is 0 Å². The van der Waals surface area contributed by atoms with E-state index in [4.69, 9.17) is 5.11 Å². The van der Waals surface area contributed by atoms with Crippen molar-refractivity contribution in [3.05, 3.63) is 0 Å². The molecule has 0 saturated carbocycles. The highest BCUT2D eigenvalue weighted by molar-refractivity contribution is 7.83. The van der Waals surface area contributed by atoms with E-state index in [-0.39, 0.29) is 17.9 Å². The van der Waals surface area contributed by atoms with E-state index in [2.05, 4.69) is 15.0 Å². The fourth-order valence-corrected chi connectivity index (χ4v) is 1.57. The lowest BCUT2D eigenvalue weighted by Crippen LogP contribution is -2.40. The number of nitrogens with one attached hydrogen (secondary N) is 1. The number of aliphatic hydroxyl groups excluding tert-OH is 1. The van der Waals surface area contributed by atoms with Crippen LogP contribution in [0.1, 0.15) is 34.6 Å². The molecule has 0 spiro atoms. The Morgan fingerprint density at radius 2 is 1.73 bits per heavy atom. The van der Waals surface area contributed by atoms with Crippen molar-refractivity contribution in [2.75, 3.05) is 12.4 Å². The zero-order chi connectivity index (χ0) is 12.1. The van der Waals surface area contributed by atoms with Crippen LogP contribution in [0.3, 0.4) is 0 Å². The van der Waals surface area contributed by atoms with Gasteiger partial charge in [0.1, 0.15) is 5.66 Å². The Kier molecular flexibility index (Phi) is 5.55. The molecule has 0 fully saturated rings. The molecule has 0 aliphatic rings. The maximum atomic E-state index is 11.3. The average molecular weight is 235 g/mol. The average Bonchev–Trinajstić information content (AvgIpc) is 1.99. The molecule has 0 rings (SSSR count). The van der Waals surface area contributed by atoms with E-state index in [0.29, 0.717) is 0 Å². The highest BCUT2D eigenvalue weighted by atomic mass is 32.2.